The zero-order valence-electron chi connectivity index (χ0n) is 33.3. The van der Waals surface area contributed by atoms with Crippen molar-refractivity contribution in [2.45, 2.75) is 195 Å². The van der Waals surface area contributed by atoms with Crippen LogP contribution in [0, 0.1) is 13.8 Å². The Labute approximate surface area is 331 Å². The third kappa shape index (κ3) is 70.5. The summed E-state index contributed by atoms with van der Waals surface area (Å²) in [7, 11) is 0. The Hall–Kier alpha value is -1.84. The summed E-state index contributed by atoms with van der Waals surface area (Å²) in [5.74, 6) is -4.03. The molecular formula is C42H76O8Sn. The number of aliphatic carboxylic acids is 2. The molecule has 0 aromatic rings. The summed E-state index contributed by atoms with van der Waals surface area (Å²) < 4.78 is 9.61. The van der Waals surface area contributed by atoms with Crippen LogP contribution in [0.4, 0.5) is 0 Å². The number of carbonyl (C=O) groups is 4. The SMILES string of the molecule is CCCCCCCCCOC(=O)/C=C\C(=O)[O-].CCCCCCCCCOC(=O)/C=C\C(=O)[O-].[CH2]CCCCCCC.[CH2]CCCCCCC.[Sn+2]. The molecule has 0 atom stereocenters. The molecule has 0 saturated carbocycles. The van der Waals surface area contributed by atoms with Crippen molar-refractivity contribution >= 4 is 47.8 Å². The molecule has 296 valence electrons. The second-order valence-corrected chi connectivity index (χ2v) is 12.4. The maximum Gasteiger partial charge on any atom is 2.00 e. The summed E-state index contributed by atoms with van der Waals surface area (Å²) in [6, 6.07) is 0. The molecule has 0 spiro atoms. The van der Waals surface area contributed by atoms with Crippen molar-refractivity contribution in [3.8, 4) is 0 Å². The number of unbranched alkanes of at least 4 members (excludes halogenated alkanes) is 22. The molecule has 4 radical (unpaired) electrons. The van der Waals surface area contributed by atoms with Gasteiger partial charge >= 0.3 is 35.8 Å². The standard InChI is InChI=1S/2C13H22O4.2C8H17.Sn/c2*1-2-3-4-5-6-7-8-11-17-13(16)10-9-12(14)15;2*1-3-5-7-8-6-4-2;/h2*9-10H,2-8,11H2,1H3,(H,14,15);2*1,3-8H2,2H3;/q;;;;+2/p-2/b2*10-9-;;;. The maximum absolute atomic E-state index is 10.9. The van der Waals surface area contributed by atoms with E-state index in [2.05, 4.69) is 41.5 Å². The zero-order chi connectivity index (χ0) is 38.4. The van der Waals surface area contributed by atoms with Crippen molar-refractivity contribution < 1.29 is 38.9 Å². The Morgan fingerprint density at radius 3 is 0.882 bits per heavy atom. The van der Waals surface area contributed by atoms with Crippen molar-refractivity contribution in [1.29, 1.82) is 0 Å². The van der Waals surface area contributed by atoms with Gasteiger partial charge in [-0.05, 0) is 25.0 Å². The van der Waals surface area contributed by atoms with Gasteiger partial charge in [0.2, 0.25) is 0 Å². The minimum atomic E-state index is -1.39. The molecule has 0 aliphatic carbocycles. The van der Waals surface area contributed by atoms with E-state index >= 15 is 0 Å². The summed E-state index contributed by atoms with van der Waals surface area (Å²) in [6.45, 7) is 17.1. The van der Waals surface area contributed by atoms with Gasteiger partial charge in [0.25, 0.3) is 0 Å². The fourth-order valence-corrected chi connectivity index (χ4v) is 4.39. The predicted octanol–water partition coefficient (Wildman–Crippen LogP) is 9.15. The number of carboxylic acids is 2. The van der Waals surface area contributed by atoms with Crippen molar-refractivity contribution in [3.63, 3.8) is 0 Å². The van der Waals surface area contributed by atoms with Gasteiger partial charge in [0.1, 0.15) is 0 Å². The van der Waals surface area contributed by atoms with E-state index in [0.717, 1.165) is 63.5 Å². The van der Waals surface area contributed by atoms with Crippen LogP contribution in [0.1, 0.15) is 195 Å². The van der Waals surface area contributed by atoms with Gasteiger partial charge in [-0.15, -0.1) is 0 Å². The molecule has 0 aliphatic rings. The quantitative estimate of drug-likeness (QED) is 0.0303. The number of carboxylic acid groups (broad SMARTS) is 2. The fraction of sp³-hybridized carbons (Fsp3) is 0.762. The minimum Gasteiger partial charge on any atom is -0.545 e. The molecule has 0 fully saturated rings. The minimum absolute atomic E-state index is 0. The molecule has 0 heterocycles. The normalized spacial score (nSPS) is 10.2. The number of hydrogen-bond donors (Lipinski definition) is 0. The van der Waals surface area contributed by atoms with E-state index in [4.69, 9.17) is 9.47 Å². The third-order valence-electron chi connectivity index (χ3n) is 7.40. The van der Waals surface area contributed by atoms with E-state index in [1.54, 1.807) is 0 Å². The van der Waals surface area contributed by atoms with E-state index in [-0.39, 0.29) is 23.9 Å². The number of rotatable bonds is 30. The van der Waals surface area contributed by atoms with Gasteiger partial charge in [-0.2, -0.15) is 0 Å². The van der Waals surface area contributed by atoms with Crippen molar-refractivity contribution in [1.82, 2.24) is 0 Å². The van der Waals surface area contributed by atoms with E-state index in [1.165, 1.54) is 116 Å². The number of hydrogen-bond acceptors (Lipinski definition) is 8. The molecule has 0 aromatic carbocycles. The fourth-order valence-electron chi connectivity index (χ4n) is 4.39. The first kappa shape index (κ1) is 58.5. The van der Waals surface area contributed by atoms with Crippen LogP contribution in [-0.4, -0.2) is 61.0 Å². The molecule has 0 bridgehead atoms. The number of esters is 2. The monoisotopic (exact) mass is 828 g/mol. The smallest absolute Gasteiger partial charge is 0.545 e. The van der Waals surface area contributed by atoms with E-state index in [1.807, 2.05) is 0 Å². The first-order valence-electron chi connectivity index (χ1n) is 19.9. The Morgan fingerprint density at radius 1 is 0.412 bits per heavy atom. The summed E-state index contributed by atoms with van der Waals surface area (Å²) in [5.41, 5.74) is 0. The van der Waals surface area contributed by atoms with Crippen molar-refractivity contribution in [2.75, 3.05) is 13.2 Å². The summed E-state index contributed by atoms with van der Waals surface area (Å²) in [5, 5.41) is 20.0. The second kappa shape index (κ2) is 54.9. The molecule has 0 saturated heterocycles. The summed E-state index contributed by atoms with van der Waals surface area (Å²) in [4.78, 5) is 41.8. The molecule has 8 nitrogen and oxygen atoms in total. The van der Waals surface area contributed by atoms with Crippen LogP contribution in [0.2, 0.25) is 0 Å². The first-order valence-corrected chi connectivity index (χ1v) is 19.9. The van der Waals surface area contributed by atoms with Crippen molar-refractivity contribution in [3.05, 3.63) is 38.2 Å². The van der Waals surface area contributed by atoms with Crippen LogP contribution < -0.4 is 10.2 Å². The Kier molecular flexibility index (Phi) is 63.0. The van der Waals surface area contributed by atoms with Gasteiger partial charge in [-0.3, -0.25) is 0 Å². The molecule has 0 rings (SSSR count). The molecule has 0 aromatic heterocycles. The number of carbonyl (C=O) groups excluding carboxylic acids is 4. The van der Waals surface area contributed by atoms with Gasteiger partial charge in [0.05, 0.1) is 25.2 Å². The predicted molar refractivity (Wildman–Crippen MR) is 209 cm³/mol. The molecule has 9 heteroatoms. The first-order chi connectivity index (χ1) is 24.2. The van der Waals surface area contributed by atoms with Gasteiger partial charge in [0.15, 0.2) is 0 Å². The Morgan fingerprint density at radius 2 is 0.647 bits per heavy atom. The van der Waals surface area contributed by atoms with Crippen LogP contribution >= 0.6 is 0 Å². The number of ether oxygens (including phenoxy) is 2. The van der Waals surface area contributed by atoms with Crippen LogP contribution in [-0.2, 0) is 28.7 Å². The largest absolute Gasteiger partial charge is 2.00 e. The van der Waals surface area contributed by atoms with Crippen LogP contribution in [0.5, 0.6) is 0 Å². The molecule has 51 heavy (non-hydrogen) atoms. The molecule has 0 aliphatic heterocycles. The van der Waals surface area contributed by atoms with Gasteiger partial charge in [-0.25, -0.2) is 9.59 Å². The van der Waals surface area contributed by atoms with Gasteiger partial charge < -0.3 is 29.3 Å². The van der Waals surface area contributed by atoms with Crippen LogP contribution in [0.3, 0.4) is 0 Å². The van der Waals surface area contributed by atoms with Gasteiger partial charge in [-0.1, -0.05) is 196 Å². The van der Waals surface area contributed by atoms with Gasteiger partial charge in [0, 0.05) is 12.2 Å². The maximum atomic E-state index is 10.9. The molecular weight excluding hydrogens is 751 g/mol. The third-order valence-corrected chi connectivity index (χ3v) is 7.40. The molecule has 0 unspecified atom stereocenters. The Bertz CT molecular complexity index is 707. The Balaban J connectivity index is -0.000000194. The topological polar surface area (TPSA) is 133 Å². The van der Waals surface area contributed by atoms with Crippen LogP contribution in [0.15, 0.2) is 24.3 Å². The zero-order valence-corrected chi connectivity index (χ0v) is 36.1. The van der Waals surface area contributed by atoms with Crippen molar-refractivity contribution in [2.24, 2.45) is 0 Å². The van der Waals surface area contributed by atoms with E-state index in [9.17, 15) is 29.4 Å². The summed E-state index contributed by atoms with van der Waals surface area (Å²) >= 11 is 0. The van der Waals surface area contributed by atoms with Crippen LogP contribution in [0.25, 0.3) is 0 Å². The molecule has 0 amide bonds. The molecule has 0 N–H and O–H groups in total. The van der Waals surface area contributed by atoms with E-state index < -0.39 is 23.9 Å². The summed E-state index contributed by atoms with van der Waals surface area (Å²) in [6.07, 6.45) is 35.1. The second-order valence-electron chi connectivity index (χ2n) is 12.4. The average molecular weight is 828 g/mol. The van der Waals surface area contributed by atoms with E-state index in [0.29, 0.717) is 25.4 Å². The average Bonchev–Trinajstić information content (AvgIpc) is 3.10.